The molecule has 166 valence electrons. The lowest BCUT2D eigenvalue weighted by molar-refractivity contribution is 0.0697. The Labute approximate surface area is 186 Å². The molecule has 1 unspecified atom stereocenters. The molecular formula is C25H26N2O5. The molecule has 0 amide bonds. The minimum absolute atomic E-state index is 0.0318. The van der Waals surface area contributed by atoms with Crippen molar-refractivity contribution in [3.05, 3.63) is 77.5 Å². The second-order valence-corrected chi connectivity index (χ2v) is 7.79. The smallest absolute Gasteiger partial charge is 0.335 e. The lowest BCUT2D eigenvalue weighted by Gasteiger charge is -2.27. The Morgan fingerprint density at radius 2 is 1.97 bits per heavy atom. The Balaban J connectivity index is 1.31. The van der Waals surface area contributed by atoms with Crippen LogP contribution in [0.2, 0.25) is 0 Å². The number of aliphatic hydroxyl groups is 1. The second-order valence-electron chi connectivity index (χ2n) is 7.79. The van der Waals surface area contributed by atoms with Crippen LogP contribution in [0.1, 0.15) is 34.0 Å². The zero-order valence-corrected chi connectivity index (χ0v) is 17.8. The number of rotatable bonds is 8. The van der Waals surface area contributed by atoms with Gasteiger partial charge in [-0.3, -0.25) is 0 Å². The van der Waals surface area contributed by atoms with Crippen molar-refractivity contribution in [2.24, 2.45) is 0 Å². The Hall–Kier alpha value is -3.42. The summed E-state index contributed by atoms with van der Waals surface area (Å²) < 4.78 is 11.2. The highest BCUT2D eigenvalue weighted by molar-refractivity contribution is 5.88. The summed E-state index contributed by atoms with van der Waals surface area (Å²) >= 11 is 0. The number of methoxy groups -OCH3 is 1. The molecule has 1 aliphatic heterocycles. The number of carboxylic acid groups (broad SMARTS) is 1. The number of carbonyl (C=O) groups is 1. The number of aryl methyl sites for hydroxylation is 1. The Kier molecular flexibility index (Phi) is 6.68. The first kappa shape index (κ1) is 21.8. The Morgan fingerprint density at radius 3 is 2.66 bits per heavy atom. The number of hydrogen-bond acceptors (Lipinski definition) is 6. The van der Waals surface area contributed by atoms with E-state index in [-0.39, 0.29) is 11.7 Å². The van der Waals surface area contributed by atoms with E-state index in [2.05, 4.69) is 16.4 Å². The maximum Gasteiger partial charge on any atom is 0.335 e. The summed E-state index contributed by atoms with van der Waals surface area (Å²) in [7, 11) is 1.56. The number of carboxylic acids is 1. The van der Waals surface area contributed by atoms with Crippen LogP contribution < -0.4 is 14.8 Å². The average Bonchev–Trinajstić information content (AvgIpc) is 2.83. The summed E-state index contributed by atoms with van der Waals surface area (Å²) in [6.45, 7) is 1.05. The zero-order valence-electron chi connectivity index (χ0n) is 17.8. The number of aromatic nitrogens is 1. The predicted molar refractivity (Wildman–Crippen MR) is 120 cm³/mol. The van der Waals surface area contributed by atoms with E-state index in [4.69, 9.17) is 14.6 Å². The van der Waals surface area contributed by atoms with Crippen molar-refractivity contribution in [2.45, 2.75) is 25.0 Å². The van der Waals surface area contributed by atoms with Crippen molar-refractivity contribution in [1.29, 1.82) is 0 Å². The molecule has 3 aromatic rings. The molecule has 2 heterocycles. The van der Waals surface area contributed by atoms with Gasteiger partial charge in [0.05, 0.1) is 18.8 Å². The van der Waals surface area contributed by atoms with E-state index in [0.717, 1.165) is 40.8 Å². The number of ether oxygens (including phenoxy) is 2. The number of nitrogens with one attached hydrogen (secondary N) is 1. The number of aromatic carboxylic acids is 1. The first-order valence-corrected chi connectivity index (χ1v) is 10.6. The minimum atomic E-state index is -0.928. The molecular weight excluding hydrogens is 408 g/mol. The topological polar surface area (TPSA) is 101 Å². The van der Waals surface area contributed by atoms with Crippen LogP contribution >= 0.6 is 0 Å². The first-order chi connectivity index (χ1) is 15.5. The maximum atomic E-state index is 11.0. The van der Waals surface area contributed by atoms with Crippen LogP contribution in [-0.4, -0.2) is 47.5 Å². The van der Waals surface area contributed by atoms with Gasteiger partial charge in [0, 0.05) is 30.9 Å². The predicted octanol–water partition coefficient (Wildman–Crippen LogP) is 3.47. The van der Waals surface area contributed by atoms with Crippen LogP contribution in [0.5, 0.6) is 11.6 Å². The summed E-state index contributed by atoms with van der Waals surface area (Å²) in [5.41, 5.74) is 4.17. The molecule has 32 heavy (non-hydrogen) atoms. The molecule has 2 atom stereocenters. The molecule has 0 saturated carbocycles. The van der Waals surface area contributed by atoms with E-state index in [1.54, 1.807) is 37.6 Å². The Bertz CT molecular complexity index is 1070. The van der Waals surface area contributed by atoms with Gasteiger partial charge in [-0.05, 0) is 59.9 Å². The van der Waals surface area contributed by atoms with Gasteiger partial charge in [-0.25, -0.2) is 9.78 Å². The first-order valence-electron chi connectivity index (χ1n) is 10.6. The molecule has 7 nitrogen and oxygen atoms in total. The fourth-order valence-electron chi connectivity index (χ4n) is 3.78. The minimum Gasteiger partial charge on any atom is -0.489 e. The van der Waals surface area contributed by atoms with Gasteiger partial charge in [0.25, 0.3) is 0 Å². The van der Waals surface area contributed by atoms with Gasteiger partial charge in [0.15, 0.2) is 0 Å². The van der Waals surface area contributed by atoms with Crippen LogP contribution in [0, 0.1) is 0 Å². The number of hydrogen-bond donors (Lipinski definition) is 3. The van der Waals surface area contributed by atoms with E-state index in [1.165, 1.54) is 0 Å². The summed E-state index contributed by atoms with van der Waals surface area (Å²) in [4.78, 5) is 15.2. The van der Waals surface area contributed by atoms with Crippen LogP contribution in [0.15, 0.2) is 60.8 Å². The van der Waals surface area contributed by atoms with Crippen LogP contribution in [0.3, 0.4) is 0 Å². The molecule has 0 aliphatic carbocycles. The van der Waals surface area contributed by atoms with Gasteiger partial charge < -0.3 is 25.0 Å². The third-order valence-corrected chi connectivity index (χ3v) is 5.62. The summed E-state index contributed by atoms with van der Waals surface area (Å²) in [6.07, 6.45) is 2.77. The molecule has 0 saturated heterocycles. The van der Waals surface area contributed by atoms with Crippen molar-refractivity contribution in [3.8, 4) is 22.8 Å². The van der Waals surface area contributed by atoms with Crippen molar-refractivity contribution in [1.82, 2.24) is 10.3 Å². The van der Waals surface area contributed by atoms with Crippen LogP contribution in [-0.2, 0) is 6.42 Å². The van der Waals surface area contributed by atoms with Gasteiger partial charge in [-0.1, -0.05) is 18.2 Å². The lowest BCUT2D eigenvalue weighted by Crippen LogP contribution is -2.36. The monoisotopic (exact) mass is 434 g/mol. The quantitative estimate of drug-likeness (QED) is 0.499. The van der Waals surface area contributed by atoms with Gasteiger partial charge in [-0.2, -0.15) is 0 Å². The fourth-order valence-corrected chi connectivity index (χ4v) is 3.78. The summed E-state index contributed by atoms with van der Waals surface area (Å²) in [5, 5.41) is 22.7. The van der Waals surface area contributed by atoms with E-state index in [0.29, 0.717) is 19.0 Å². The van der Waals surface area contributed by atoms with Gasteiger partial charge in [0.2, 0.25) is 5.88 Å². The number of nitrogens with zero attached hydrogens (tertiary/aromatic N) is 1. The highest BCUT2D eigenvalue weighted by Crippen LogP contribution is 2.32. The fraction of sp³-hybridized carbons (Fsp3) is 0.280. The molecule has 2 aromatic carbocycles. The summed E-state index contributed by atoms with van der Waals surface area (Å²) in [6, 6.07) is 16.5. The molecule has 7 heteroatoms. The lowest BCUT2D eigenvalue weighted by atomic mass is 9.96. The molecule has 0 bridgehead atoms. The molecule has 1 aromatic heterocycles. The van der Waals surface area contributed by atoms with Crippen LogP contribution in [0.4, 0.5) is 0 Å². The number of pyridine rings is 1. The second kappa shape index (κ2) is 9.80. The van der Waals surface area contributed by atoms with Gasteiger partial charge in [0.1, 0.15) is 11.9 Å². The van der Waals surface area contributed by atoms with Crippen molar-refractivity contribution < 1.29 is 24.5 Å². The average molecular weight is 434 g/mol. The van der Waals surface area contributed by atoms with Gasteiger partial charge in [-0.15, -0.1) is 0 Å². The molecule has 0 fully saturated rings. The number of aliphatic hydroxyl groups excluding tert-OH is 1. The molecule has 0 radical (unpaired) electrons. The molecule has 4 rings (SSSR count). The third kappa shape index (κ3) is 5.07. The molecule has 1 aliphatic rings. The van der Waals surface area contributed by atoms with Crippen molar-refractivity contribution in [3.63, 3.8) is 0 Å². The SMILES string of the molecule is COc1ccc(C(O)CNC[C@H]2CCc3cc(-c4ccc(C(=O)O)cc4)ccc3O2)cn1. The molecule has 3 N–H and O–H groups in total. The summed E-state index contributed by atoms with van der Waals surface area (Å²) in [5.74, 6) is 0.459. The highest BCUT2D eigenvalue weighted by atomic mass is 16.5. The van der Waals surface area contributed by atoms with Crippen LogP contribution in [0.25, 0.3) is 11.1 Å². The molecule has 0 spiro atoms. The number of fused-ring (bicyclic) bond motifs is 1. The van der Waals surface area contributed by atoms with E-state index in [1.807, 2.05) is 24.3 Å². The van der Waals surface area contributed by atoms with E-state index < -0.39 is 12.1 Å². The van der Waals surface area contributed by atoms with E-state index in [9.17, 15) is 9.90 Å². The Morgan fingerprint density at radius 1 is 1.19 bits per heavy atom. The van der Waals surface area contributed by atoms with Gasteiger partial charge >= 0.3 is 5.97 Å². The standard InChI is InChI=1S/C25H26N2O5/c1-31-24-11-8-20(13-27-24)22(28)15-26-14-21-9-6-19-12-18(7-10-23(19)32-21)16-2-4-17(5-3-16)25(29)30/h2-5,7-8,10-13,21-22,26,28H,6,9,14-15H2,1H3,(H,29,30)/t21-,22?/m1/s1. The zero-order chi connectivity index (χ0) is 22.5. The highest BCUT2D eigenvalue weighted by Gasteiger charge is 2.20. The maximum absolute atomic E-state index is 11.0. The number of benzene rings is 2. The third-order valence-electron chi connectivity index (χ3n) is 5.62. The van der Waals surface area contributed by atoms with Crippen molar-refractivity contribution >= 4 is 5.97 Å². The van der Waals surface area contributed by atoms with Crippen molar-refractivity contribution in [2.75, 3.05) is 20.2 Å². The normalized spacial score (nSPS) is 16.0. The van der Waals surface area contributed by atoms with E-state index >= 15 is 0 Å². The largest absolute Gasteiger partial charge is 0.489 e.